The molecule has 1 fully saturated rings. The zero-order valence-corrected chi connectivity index (χ0v) is 16.2. The van der Waals surface area contributed by atoms with E-state index in [2.05, 4.69) is 10.6 Å². The minimum absolute atomic E-state index is 0.0967. The number of hydrogen-bond acceptors (Lipinski definition) is 3. The average Bonchev–Trinajstić information content (AvgIpc) is 3.52. The van der Waals surface area contributed by atoms with E-state index in [0.717, 1.165) is 24.0 Å². The lowest BCUT2D eigenvalue weighted by molar-refractivity contribution is -0.129. The second-order valence-corrected chi connectivity index (χ2v) is 7.43. The Morgan fingerprint density at radius 1 is 1.03 bits per heavy atom. The van der Waals surface area contributed by atoms with E-state index in [1.165, 1.54) is 6.92 Å². The van der Waals surface area contributed by atoms with Gasteiger partial charge in [-0.3, -0.25) is 14.4 Å². The maximum Gasteiger partial charge on any atom is 0.253 e. The minimum atomic E-state index is -0.388. The number of rotatable bonds is 5. The Bertz CT molecular complexity index is 994. The summed E-state index contributed by atoms with van der Waals surface area (Å²) in [4.78, 5) is 39.0. The summed E-state index contributed by atoms with van der Waals surface area (Å²) in [6.07, 6.45) is 5.69. The van der Waals surface area contributed by atoms with Gasteiger partial charge in [0.1, 0.15) is 0 Å². The van der Waals surface area contributed by atoms with Crippen molar-refractivity contribution in [2.45, 2.75) is 38.3 Å². The van der Waals surface area contributed by atoms with Crippen molar-refractivity contribution < 1.29 is 14.4 Å². The summed E-state index contributed by atoms with van der Waals surface area (Å²) in [7, 11) is 0. The Morgan fingerprint density at radius 2 is 1.76 bits per heavy atom. The fourth-order valence-corrected chi connectivity index (χ4v) is 3.57. The number of benzene rings is 2. The van der Waals surface area contributed by atoms with Crippen molar-refractivity contribution in [1.82, 2.24) is 10.2 Å². The van der Waals surface area contributed by atoms with Crippen LogP contribution in [0, 0.1) is 0 Å². The molecule has 1 atom stereocenters. The standard InChI is InChI=1S/C23H23N3O3/c1-15(27)26-13-12-16-6-2-3-7-18(16)21(26)14-22(28)25-20-9-5-4-8-19(20)23(29)24-17-10-11-17/h2-9,12-13,17,21H,10-11,14H2,1H3,(H,24,29)(H,25,28)/t21-/m1/s1. The zero-order valence-electron chi connectivity index (χ0n) is 16.2. The second kappa shape index (κ2) is 7.91. The van der Waals surface area contributed by atoms with Crippen LogP contribution in [0.4, 0.5) is 5.69 Å². The van der Waals surface area contributed by atoms with Gasteiger partial charge in [0.05, 0.1) is 23.7 Å². The van der Waals surface area contributed by atoms with Crippen LogP contribution in [0.1, 0.15) is 53.7 Å². The highest BCUT2D eigenvalue weighted by Gasteiger charge is 2.29. The van der Waals surface area contributed by atoms with Crippen molar-refractivity contribution in [3.63, 3.8) is 0 Å². The smallest absolute Gasteiger partial charge is 0.253 e. The van der Waals surface area contributed by atoms with Gasteiger partial charge >= 0.3 is 0 Å². The van der Waals surface area contributed by atoms with E-state index in [9.17, 15) is 14.4 Å². The number of amides is 3. The van der Waals surface area contributed by atoms with Gasteiger partial charge in [-0.15, -0.1) is 0 Å². The van der Waals surface area contributed by atoms with Gasteiger partial charge in [0, 0.05) is 19.2 Å². The molecule has 0 bridgehead atoms. The van der Waals surface area contributed by atoms with Crippen LogP contribution in [0.2, 0.25) is 0 Å². The van der Waals surface area contributed by atoms with Crippen LogP contribution in [-0.4, -0.2) is 28.7 Å². The molecule has 29 heavy (non-hydrogen) atoms. The SMILES string of the molecule is CC(=O)N1C=Cc2ccccc2[C@H]1CC(=O)Nc1ccccc1C(=O)NC1CC1. The van der Waals surface area contributed by atoms with Crippen LogP contribution in [0.5, 0.6) is 0 Å². The lowest BCUT2D eigenvalue weighted by Crippen LogP contribution is -2.33. The summed E-state index contributed by atoms with van der Waals surface area (Å²) < 4.78 is 0. The highest BCUT2D eigenvalue weighted by Crippen LogP contribution is 2.33. The van der Waals surface area contributed by atoms with Crippen LogP contribution in [0.3, 0.4) is 0 Å². The normalized spacial score (nSPS) is 17.4. The molecule has 1 aliphatic carbocycles. The molecule has 1 saturated carbocycles. The van der Waals surface area contributed by atoms with E-state index >= 15 is 0 Å². The molecule has 0 unspecified atom stereocenters. The first kappa shape index (κ1) is 18.9. The lowest BCUT2D eigenvalue weighted by atomic mass is 9.93. The first-order chi connectivity index (χ1) is 14.0. The van der Waals surface area contributed by atoms with E-state index in [1.54, 1.807) is 35.4 Å². The van der Waals surface area contributed by atoms with E-state index in [-0.39, 0.29) is 36.2 Å². The molecule has 6 heteroatoms. The number of carbonyl (C=O) groups is 3. The van der Waals surface area contributed by atoms with Crippen LogP contribution >= 0.6 is 0 Å². The van der Waals surface area contributed by atoms with Crippen molar-refractivity contribution in [1.29, 1.82) is 0 Å². The topological polar surface area (TPSA) is 78.5 Å². The van der Waals surface area contributed by atoms with Crippen molar-refractivity contribution >= 4 is 29.5 Å². The van der Waals surface area contributed by atoms with Crippen LogP contribution in [-0.2, 0) is 9.59 Å². The number of carbonyl (C=O) groups excluding carboxylic acids is 3. The van der Waals surface area contributed by atoms with E-state index in [0.29, 0.717) is 11.3 Å². The summed E-state index contributed by atoms with van der Waals surface area (Å²) in [6.45, 7) is 1.49. The van der Waals surface area contributed by atoms with E-state index in [1.807, 2.05) is 30.3 Å². The first-order valence-electron chi connectivity index (χ1n) is 9.78. The molecule has 2 aromatic carbocycles. The molecule has 2 aliphatic rings. The average molecular weight is 389 g/mol. The van der Waals surface area contributed by atoms with Crippen LogP contribution in [0.25, 0.3) is 6.08 Å². The van der Waals surface area contributed by atoms with E-state index < -0.39 is 0 Å². The Kier molecular flexibility index (Phi) is 5.16. The monoisotopic (exact) mass is 389 g/mol. The molecule has 0 radical (unpaired) electrons. The third-order valence-electron chi connectivity index (χ3n) is 5.21. The number of hydrogen-bond donors (Lipinski definition) is 2. The van der Waals surface area contributed by atoms with Gasteiger partial charge in [-0.1, -0.05) is 36.4 Å². The molecule has 1 heterocycles. The summed E-state index contributed by atoms with van der Waals surface area (Å²) >= 11 is 0. The molecule has 0 spiro atoms. The van der Waals surface area contributed by atoms with Crippen LogP contribution in [0.15, 0.2) is 54.7 Å². The number of anilines is 1. The minimum Gasteiger partial charge on any atom is -0.349 e. The molecular weight excluding hydrogens is 366 g/mol. The Balaban J connectivity index is 1.53. The van der Waals surface area contributed by atoms with Gasteiger partial charge in [-0.25, -0.2) is 0 Å². The van der Waals surface area contributed by atoms with Crippen molar-refractivity contribution in [3.8, 4) is 0 Å². The van der Waals surface area contributed by atoms with Gasteiger partial charge in [0.2, 0.25) is 11.8 Å². The molecule has 4 rings (SSSR count). The molecule has 0 aromatic heterocycles. The van der Waals surface area contributed by atoms with Gasteiger partial charge in [-0.2, -0.15) is 0 Å². The molecule has 148 valence electrons. The van der Waals surface area contributed by atoms with Crippen molar-refractivity contribution in [2.24, 2.45) is 0 Å². The predicted molar refractivity (Wildman–Crippen MR) is 111 cm³/mol. The third kappa shape index (κ3) is 4.21. The van der Waals surface area contributed by atoms with Gasteiger partial charge in [0.25, 0.3) is 5.91 Å². The lowest BCUT2D eigenvalue weighted by Gasteiger charge is -2.32. The molecular formula is C23H23N3O3. The van der Waals surface area contributed by atoms with Crippen molar-refractivity contribution in [3.05, 3.63) is 71.4 Å². The maximum atomic E-state index is 12.9. The number of nitrogens with one attached hydrogen (secondary N) is 2. The highest BCUT2D eigenvalue weighted by molar-refractivity contribution is 6.04. The Labute approximate surface area is 169 Å². The summed E-state index contributed by atoms with van der Waals surface area (Å²) in [5, 5.41) is 5.81. The van der Waals surface area contributed by atoms with Gasteiger partial charge < -0.3 is 15.5 Å². The second-order valence-electron chi connectivity index (χ2n) is 7.43. The predicted octanol–water partition coefficient (Wildman–Crippen LogP) is 3.48. The van der Waals surface area contributed by atoms with Crippen LogP contribution < -0.4 is 10.6 Å². The Morgan fingerprint density at radius 3 is 2.52 bits per heavy atom. The largest absolute Gasteiger partial charge is 0.349 e. The quantitative estimate of drug-likeness (QED) is 0.822. The number of para-hydroxylation sites is 1. The molecule has 2 N–H and O–H groups in total. The number of nitrogens with zero attached hydrogens (tertiary/aromatic N) is 1. The third-order valence-corrected chi connectivity index (χ3v) is 5.21. The number of fused-ring (bicyclic) bond motifs is 1. The zero-order chi connectivity index (χ0) is 20.4. The highest BCUT2D eigenvalue weighted by atomic mass is 16.2. The molecule has 0 saturated heterocycles. The van der Waals surface area contributed by atoms with Gasteiger partial charge in [-0.05, 0) is 42.2 Å². The fraction of sp³-hybridized carbons (Fsp3) is 0.261. The molecule has 2 aromatic rings. The van der Waals surface area contributed by atoms with E-state index in [4.69, 9.17) is 0 Å². The molecule has 1 aliphatic heterocycles. The van der Waals surface area contributed by atoms with Crippen molar-refractivity contribution in [2.75, 3.05) is 5.32 Å². The Hall–Kier alpha value is -3.41. The summed E-state index contributed by atoms with van der Waals surface area (Å²) in [6, 6.07) is 14.6. The summed E-state index contributed by atoms with van der Waals surface area (Å²) in [5.74, 6) is -0.560. The fourth-order valence-electron chi connectivity index (χ4n) is 3.57. The first-order valence-corrected chi connectivity index (χ1v) is 9.78. The molecule has 6 nitrogen and oxygen atoms in total. The maximum absolute atomic E-state index is 12.9. The van der Waals surface area contributed by atoms with Gasteiger partial charge in [0.15, 0.2) is 0 Å². The molecule has 3 amide bonds. The summed E-state index contributed by atoms with van der Waals surface area (Å²) in [5.41, 5.74) is 2.84.